The van der Waals surface area contributed by atoms with Crippen LogP contribution in [0.15, 0.2) is 42.0 Å². The monoisotopic (exact) mass is 722 g/mol. The Morgan fingerprint density at radius 1 is 0.875 bits per heavy atom. The van der Waals surface area contributed by atoms with Crippen LogP contribution < -0.4 is 67.5 Å². The Hall–Kier alpha value is 0.120. The Morgan fingerprint density at radius 3 is 2.19 bits per heavy atom. The number of allylic oxidation sites excluding steroid dienone is 3. The van der Waals surface area contributed by atoms with Gasteiger partial charge in [0.2, 0.25) is 0 Å². The third-order valence-corrected chi connectivity index (χ3v) is 14.3. The van der Waals surface area contributed by atoms with Crippen LogP contribution in [0, 0.1) is 45.3 Å². The molecule has 0 saturated heterocycles. The average molecular weight is 723 g/mol. The van der Waals surface area contributed by atoms with Crippen molar-refractivity contribution in [2.24, 2.45) is 45.3 Å². The molecule has 48 heavy (non-hydrogen) atoms. The van der Waals surface area contributed by atoms with E-state index in [4.69, 9.17) is 10.8 Å². The Morgan fingerprint density at radius 2 is 1.54 bits per heavy atom. The molecule has 4 aliphatic carbocycles. The summed E-state index contributed by atoms with van der Waals surface area (Å²) in [6.45, 7) is 19.0. The van der Waals surface area contributed by atoms with E-state index in [-0.39, 0.29) is 98.7 Å². The predicted molar refractivity (Wildman–Crippen MR) is 177 cm³/mol. The first-order chi connectivity index (χ1) is 21.2. The number of hydrogen-bond donors (Lipinski definition) is 0. The van der Waals surface area contributed by atoms with Gasteiger partial charge in [-0.1, -0.05) is 65.3 Å². The number of hydrogen-bond acceptors (Lipinski definition) is 8. The van der Waals surface area contributed by atoms with E-state index in [9.17, 15) is 25.9 Å². The molecule has 1 aromatic rings. The van der Waals surface area contributed by atoms with Crippen LogP contribution in [0.3, 0.4) is 0 Å². The molecule has 0 amide bonds. The van der Waals surface area contributed by atoms with Crippen LogP contribution in [0.4, 0.5) is 0 Å². The van der Waals surface area contributed by atoms with Crippen LogP contribution in [0.2, 0.25) is 0 Å². The van der Waals surface area contributed by atoms with Crippen molar-refractivity contribution in [3.05, 3.63) is 47.6 Å². The predicted octanol–water partition coefficient (Wildman–Crippen LogP) is 2.27. The normalized spacial score (nSPS) is 34.8. The molecule has 3 saturated carbocycles. The van der Waals surface area contributed by atoms with Crippen molar-refractivity contribution in [3.63, 3.8) is 0 Å². The number of rotatable bonds is 9. The molecular formula is C36H52Na2O8S2. The molecular weight excluding hydrogens is 671 g/mol. The van der Waals surface area contributed by atoms with Gasteiger partial charge in [0.25, 0.3) is 20.8 Å². The Balaban J connectivity index is 0.00000312. The molecule has 258 valence electrons. The Bertz CT molecular complexity index is 1610. The zero-order valence-electron chi connectivity index (χ0n) is 30.4. The van der Waals surface area contributed by atoms with Crippen LogP contribution in [0.1, 0.15) is 118 Å². The van der Waals surface area contributed by atoms with Gasteiger partial charge >= 0.3 is 59.1 Å². The van der Waals surface area contributed by atoms with Crippen molar-refractivity contribution >= 4 is 20.8 Å². The largest absolute Gasteiger partial charge is 1.00 e. The zero-order valence-corrected chi connectivity index (χ0v) is 36.0. The molecule has 0 unspecified atom stereocenters. The minimum atomic E-state index is -5.11. The molecule has 8 nitrogen and oxygen atoms in total. The third-order valence-electron chi connectivity index (χ3n) is 13.5. The van der Waals surface area contributed by atoms with Crippen molar-refractivity contribution in [1.29, 1.82) is 0 Å². The molecule has 0 aliphatic heterocycles. The van der Waals surface area contributed by atoms with Gasteiger partial charge in [-0.15, -0.1) is 0 Å². The molecule has 0 bridgehead atoms. The van der Waals surface area contributed by atoms with Gasteiger partial charge in [-0.2, -0.15) is 0 Å². The van der Waals surface area contributed by atoms with Gasteiger partial charge in [-0.25, -0.2) is 16.8 Å². The van der Waals surface area contributed by atoms with Gasteiger partial charge in [0.1, 0.15) is 11.5 Å². The molecule has 0 heterocycles. The molecule has 0 N–H and O–H groups in total. The maximum atomic E-state index is 11.7. The number of benzene rings is 1. The fraction of sp³-hybridized carbons (Fsp3) is 0.722. The van der Waals surface area contributed by atoms with E-state index in [1.165, 1.54) is 37.0 Å². The van der Waals surface area contributed by atoms with E-state index >= 15 is 0 Å². The van der Waals surface area contributed by atoms with Crippen molar-refractivity contribution in [2.45, 2.75) is 119 Å². The fourth-order valence-corrected chi connectivity index (χ4v) is 11.1. The second-order valence-electron chi connectivity index (χ2n) is 16.2. The van der Waals surface area contributed by atoms with Gasteiger partial charge in [0, 0.05) is 5.56 Å². The summed E-state index contributed by atoms with van der Waals surface area (Å²) in [4.78, 5) is 0. The van der Waals surface area contributed by atoms with Crippen molar-refractivity contribution < 1.29 is 93.4 Å². The van der Waals surface area contributed by atoms with Gasteiger partial charge < -0.3 is 17.5 Å². The third kappa shape index (κ3) is 8.50. The first-order valence-electron chi connectivity index (χ1n) is 17.0. The Kier molecular flexibility index (Phi) is 13.5. The molecule has 0 spiro atoms. The van der Waals surface area contributed by atoms with E-state index in [2.05, 4.69) is 51.8 Å². The van der Waals surface area contributed by atoms with Crippen LogP contribution in [0.25, 0.3) is 0 Å². The van der Waals surface area contributed by atoms with E-state index in [0.717, 1.165) is 57.4 Å². The van der Waals surface area contributed by atoms with Crippen LogP contribution in [-0.4, -0.2) is 25.9 Å². The summed E-state index contributed by atoms with van der Waals surface area (Å²) in [5.74, 6) is 1.24. The second-order valence-corrected chi connectivity index (χ2v) is 18.2. The van der Waals surface area contributed by atoms with E-state index in [0.29, 0.717) is 29.2 Å². The van der Waals surface area contributed by atoms with Gasteiger partial charge in [-0.05, 0) is 141 Å². The summed E-state index contributed by atoms with van der Waals surface area (Å²) in [5.41, 5.74) is 3.24. The molecule has 0 aromatic heterocycles. The fourth-order valence-electron chi connectivity index (χ4n) is 10.4. The summed E-state index contributed by atoms with van der Waals surface area (Å²) in [6, 6.07) is 3.64. The Labute approximate surface area is 334 Å². The molecule has 5 rings (SSSR count). The standard InChI is InChI=1S/C36H54O8S2.2Na/c1-24-13-15-29-30(11-9-18-33(29,4)5)34(24,6)20-21-36-19-17-25(2)35(7,32(36)12-8-10-26(36)3)23-27-22-28(43-45(37,38)39)14-16-31(27)44-46(40,41)42;;/h11,14,16,22,24-25,29,32H,3,8-10,12-13,15,17-21,23H2,1-2,4-7H3,(H,37,38,39)(H,40,41,42);;/q;2*+1/p-2/t24-,25-,29+,32+,34+,35-,36-;;/m0../s1. The van der Waals surface area contributed by atoms with E-state index in [1.807, 2.05) is 0 Å². The first kappa shape index (κ1) is 42.5. The van der Waals surface area contributed by atoms with Crippen LogP contribution >= 0.6 is 0 Å². The minimum absolute atomic E-state index is 0. The average Bonchev–Trinajstić information content (AvgIpc) is 2.93. The van der Waals surface area contributed by atoms with Crippen LogP contribution in [0.5, 0.6) is 11.5 Å². The van der Waals surface area contributed by atoms with Crippen molar-refractivity contribution in [3.8, 4) is 11.5 Å². The molecule has 3 fully saturated rings. The maximum Gasteiger partial charge on any atom is 1.00 e. The van der Waals surface area contributed by atoms with Gasteiger partial charge in [0.05, 0.1) is 0 Å². The van der Waals surface area contributed by atoms with Crippen molar-refractivity contribution in [2.75, 3.05) is 0 Å². The smallest absolute Gasteiger partial charge is 0.716 e. The summed E-state index contributed by atoms with van der Waals surface area (Å²) in [6.07, 6.45) is 14.8. The zero-order chi connectivity index (χ0) is 33.9. The SMILES string of the molecule is C=C1CCC[C@H]2[C@]1(CC[C@@]1(C)C3=CCCC(C)(C)[C@@H]3CC[C@@H]1C)CC[C@H](C)[C@]2(C)Cc1cc(OS(=O)(=O)[O-])ccc1OS(=O)(=O)[O-].[Na+].[Na+]. The summed E-state index contributed by atoms with van der Waals surface area (Å²) in [7, 11) is -10.2. The maximum absolute atomic E-state index is 11.7. The molecule has 12 heteroatoms. The van der Waals surface area contributed by atoms with Gasteiger partial charge in [-0.3, -0.25) is 0 Å². The quantitative estimate of drug-likeness (QED) is 0.164. The molecule has 1 aromatic carbocycles. The minimum Gasteiger partial charge on any atom is -0.716 e. The molecule has 4 aliphatic rings. The number of fused-ring (bicyclic) bond motifs is 2. The first-order valence-corrected chi connectivity index (χ1v) is 19.7. The van der Waals surface area contributed by atoms with E-state index in [1.54, 1.807) is 5.57 Å². The topological polar surface area (TPSA) is 133 Å². The van der Waals surface area contributed by atoms with Crippen molar-refractivity contribution in [1.82, 2.24) is 0 Å². The summed E-state index contributed by atoms with van der Waals surface area (Å²) >= 11 is 0. The molecule has 0 radical (unpaired) electrons. The van der Waals surface area contributed by atoms with Gasteiger partial charge in [0.15, 0.2) is 0 Å². The summed E-state index contributed by atoms with van der Waals surface area (Å²) < 4.78 is 78.7. The molecule has 7 atom stereocenters. The van der Waals surface area contributed by atoms with Crippen LogP contribution in [-0.2, 0) is 27.2 Å². The second kappa shape index (κ2) is 15.2. The summed E-state index contributed by atoms with van der Waals surface area (Å²) in [5, 5.41) is 0. The van der Waals surface area contributed by atoms with E-state index < -0.39 is 20.8 Å².